The fourth-order valence-corrected chi connectivity index (χ4v) is 1.60. The number of methoxy groups -OCH3 is 2. The first kappa shape index (κ1) is 13.7. The molecule has 0 amide bonds. The lowest BCUT2D eigenvalue weighted by atomic mass is 9.93. The third-order valence-corrected chi connectivity index (χ3v) is 2.48. The van der Waals surface area contributed by atoms with Crippen molar-refractivity contribution in [2.75, 3.05) is 14.2 Å². The molecule has 17 heavy (non-hydrogen) atoms. The van der Waals surface area contributed by atoms with Gasteiger partial charge in [0, 0.05) is 11.1 Å². The fourth-order valence-electron chi connectivity index (χ4n) is 1.60. The van der Waals surface area contributed by atoms with Gasteiger partial charge in [-0.25, -0.2) is 8.78 Å². The summed E-state index contributed by atoms with van der Waals surface area (Å²) in [4.78, 5) is 0. The van der Waals surface area contributed by atoms with Crippen molar-refractivity contribution in [3.8, 4) is 11.5 Å². The van der Waals surface area contributed by atoms with E-state index in [1.165, 1.54) is 26.4 Å². The van der Waals surface area contributed by atoms with Gasteiger partial charge in [0.1, 0.15) is 11.5 Å². The summed E-state index contributed by atoms with van der Waals surface area (Å²) in [5.74, 6) is 0.461. The van der Waals surface area contributed by atoms with Crippen molar-refractivity contribution in [3.05, 3.63) is 23.3 Å². The van der Waals surface area contributed by atoms with E-state index >= 15 is 0 Å². The number of ether oxygens (including phenoxy) is 2. The van der Waals surface area contributed by atoms with Gasteiger partial charge in [-0.05, 0) is 26.0 Å². The van der Waals surface area contributed by atoms with E-state index in [2.05, 4.69) is 0 Å². The van der Waals surface area contributed by atoms with Gasteiger partial charge in [-0.1, -0.05) is 0 Å². The summed E-state index contributed by atoms with van der Waals surface area (Å²) in [5, 5.41) is 0. The minimum absolute atomic E-state index is 0.120. The van der Waals surface area contributed by atoms with Crippen molar-refractivity contribution in [2.45, 2.75) is 25.8 Å². The highest BCUT2D eigenvalue weighted by molar-refractivity contribution is 5.49. The van der Waals surface area contributed by atoms with Gasteiger partial charge in [0.25, 0.3) is 6.43 Å². The lowest BCUT2D eigenvalue weighted by molar-refractivity contribution is 0.146. The summed E-state index contributed by atoms with van der Waals surface area (Å²) in [6.45, 7) is 3.54. The molecule has 5 heteroatoms. The Hall–Kier alpha value is -1.36. The minimum atomic E-state index is -2.62. The average Bonchev–Trinajstić information content (AvgIpc) is 2.25. The van der Waals surface area contributed by atoms with Crippen molar-refractivity contribution in [2.24, 2.45) is 5.73 Å². The standard InChI is InChI=1S/C12H17F2NO2/c1-12(2,15)8-6-9(16-3)7(11(13)14)5-10(8)17-4/h5-6,11H,15H2,1-4H3. The Morgan fingerprint density at radius 2 is 1.65 bits per heavy atom. The second-order valence-corrected chi connectivity index (χ2v) is 4.32. The van der Waals surface area contributed by atoms with Crippen LogP contribution < -0.4 is 15.2 Å². The van der Waals surface area contributed by atoms with Crippen LogP contribution in [0.5, 0.6) is 11.5 Å². The smallest absolute Gasteiger partial charge is 0.267 e. The first-order chi connectivity index (χ1) is 7.81. The maximum Gasteiger partial charge on any atom is 0.267 e. The van der Waals surface area contributed by atoms with Crippen LogP contribution in [-0.2, 0) is 5.54 Å². The van der Waals surface area contributed by atoms with Gasteiger partial charge in [-0.15, -0.1) is 0 Å². The summed E-state index contributed by atoms with van der Waals surface area (Å²) >= 11 is 0. The molecule has 1 aromatic carbocycles. The number of hydrogen-bond acceptors (Lipinski definition) is 3. The predicted octanol–water partition coefficient (Wildman–Crippen LogP) is 2.84. The van der Waals surface area contributed by atoms with Crippen molar-refractivity contribution < 1.29 is 18.3 Å². The van der Waals surface area contributed by atoms with Gasteiger partial charge in [0.15, 0.2) is 0 Å². The monoisotopic (exact) mass is 245 g/mol. The number of hydrogen-bond donors (Lipinski definition) is 1. The molecule has 0 aliphatic heterocycles. The fraction of sp³-hybridized carbons (Fsp3) is 0.500. The van der Waals surface area contributed by atoms with Crippen molar-refractivity contribution in [1.29, 1.82) is 0 Å². The lowest BCUT2D eigenvalue weighted by Crippen LogP contribution is -2.29. The molecule has 0 bridgehead atoms. The van der Waals surface area contributed by atoms with Gasteiger partial charge in [0.05, 0.1) is 19.8 Å². The van der Waals surface area contributed by atoms with E-state index < -0.39 is 12.0 Å². The van der Waals surface area contributed by atoms with E-state index in [4.69, 9.17) is 15.2 Å². The van der Waals surface area contributed by atoms with Crippen LogP contribution in [0.15, 0.2) is 12.1 Å². The van der Waals surface area contributed by atoms with Crippen LogP contribution >= 0.6 is 0 Å². The van der Waals surface area contributed by atoms with Crippen molar-refractivity contribution in [3.63, 3.8) is 0 Å². The molecule has 0 spiro atoms. The topological polar surface area (TPSA) is 44.5 Å². The molecular formula is C12H17F2NO2. The first-order valence-electron chi connectivity index (χ1n) is 5.14. The minimum Gasteiger partial charge on any atom is -0.496 e. The largest absolute Gasteiger partial charge is 0.496 e. The first-order valence-corrected chi connectivity index (χ1v) is 5.14. The van der Waals surface area contributed by atoms with E-state index in [1.807, 2.05) is 0 Å². The van der Waals surface area contributed by atoms with Crippen LogP contribution in [0.2, 0.25) is 0 Å². The molecule has 96 valence electrons. The normalized spacial score (nSPS) is 11.8. The van der Waals surface area contributed by atoms with Gasteiger partial charge in [0.2, 0.25) is 0 Å². The van der Waals surface area contributed by atoms with Crippen LogP contribution in [0, 0.1) is 0 Å². The van der Waals surface area contributed by atoms with Crippen LogP contribution in [0.25, 0.3) is 0 Å². The zero-order chi connectivity index (χ0) is 13.2. The molecule has 1 rings (SSSR count). The molecule has 0 saturated heterocycles. The summed E-state index contributed by atoms with van der Waals surface area (Å²) < 4.78 is 35.6. The maximum atomic E-state index is 12.8. The Morgan fingerprint density at radius 1 is 1.12 bits per heavy atom. The molecule has 0 unspecified atom stereocenters. The van der Waals surface area contributed by atoms with Gasteiger partial charge in [-0.2, -0.15) is 0 Å². The van der Waals surface area contributed by atoms with E-state index in [1.54, 1.807) is 13.8 Å². The molecule has 0 aliphatic rings. The quantitative estimate of drug-likeness (QED) is 0.887. The highest BCUT2D eigenvalue weighted by atomic mass is 19.3. The molecule has 0 heterocycles. The number of benzene rings is 1. The molecule has 0 radical (unpaired) electrons. The number of halogens is 2. The Balaban J connectivity index is 3.44. The van der Waals surface area contributed by atoms with Gasteiger partial charge in [-0.3, -0.25) is 0 Å². The number of nitrogens with two attached hydrogens (primary N) is 1. The molecule has 2 N–H and O–H groups in total. The van der Waals surface area contributed by atoms with Crippen LogP contribution in [0.3, 0.4) is 0 Å². The third kappa shape index (κ3) is 2.85. The summed E-state index contributed by atoms with van der Waals surface area (Å²) in [7, 11) is 2.77. The SMILES string of the molecule is COc1cc(C(C)(C)N)c(OC)cc1C(F)F. The Labute approximate surface area is 99.5 Å². The second kappa shape index (κ2) is 4.87. The third-order valence-electron chi connectivity index (χ3n) is 2.48. The molecule has 0 saturated carbocycles. The number of alkyl halides is 2. The van der Waals surface area contributed by atoms with Crippen LogP contribution in [0.4, 0.5) is 8.78 Å². The second-order valence-electron chi connectivity index (χ2n) is 4.32. The number of rotatable bonds is 4. The highest BCUT2D eigenvalue weighted by Crippen LogP contribution is 2.38. The summed E-state index contributed by atoms with van der Waals surface area (Å²) in [5.41, 5.74) is 5.69. The Morgan fingerprint density at radius 3 is 2.00 bits per heavy atom. The van der Waals surface area contributed by atoms with Crippen LogP contribution in [-0.4, -0.2) is 14.2 Å². The van der Waals surface area contributed by atoms with E-state index in [0.29, 0.717) is 11.3 Å². The summed E-state index contributed by atoms with van der Waals surface area (Å²) in [6, 6.07) is 2.77. The molecule has 0 aromatic heterocycles. The zero-order valence-electron chi connectivity index (χ0n) is 10.4. The summed E-state index contributed by atoms with van der Waals surface area (Å²) in [6.07, 6.45) is -2.62. The van der Waals surface area contributed by atoms with Gasteiger partial charge >= 0.3 is 0 Å². The van der Waals surface area contributed by atoms with E-state index in [9.17, 15) is 8.78 Å². The predicted molar refractivity (Wildman–Crippen MR) is 61.7 cm³/mol. The van der Waals surface area contributed by atoms with Crippen molar-refractivity contribution >= 4 is 0 Å². The Kier molecular flexibility index (Phi) is 3.93. The molecule has 1 aromatic rings. The maximum absolute atomic E-state index is 12.8. The molecular weight excluding hydrogens is 228 g/mol. The van der Waals surface area contributed by atoms with E-state index in [-0.39, 0.29) is 11.3 Å². The van der Waals surface area contributed by atoms with Crippen molar-refractivity contribution in [1.82, 2.24) is 0 Å². The van der Waals surface area contributed by atoms with E-state index in [0.717, 1.165) is 0 Å². The Bertz CT molecular complexity index is 400. The van der Waals surface area contributed by atoms with Crippen LogP contribution in [0.1, 0.15) is 31.4 Å². The molecule has 0 atom stereocenters. The zero-order valence-corrected chi connectivity index (χ0v) is 10.4. The lowest BCUT2D eigenvalue weighted by Gasteiger charge is -2.24. The molecule has 0 aliphatic carbocycles. The average molecular weight is 245 g/mol. The van der Waals surface area contributed by atoms with Gasteiger partial charge < -0.3 is 15.2 Å². The molecule has 3 nitrogen and oxygen atoms in total. The molecule has 0 fully saturated rings. The highest BCUT2D eigenvalue weighted by Gasteiger charge is 2.24.